The summed E-state index contributed by atoms with van der Waals surface area (Å²) < 4.78 is 15.8. The van der Waals surface area contributed by atoms with E-state index >= 15 is 0 Å². The molecule has 1 aromatic carbocycles. The lowest BCUT2D eigenvalue weighted by molar-refractivity contribution is 0.102. The first-order valence-electron chi connectivity index (χ1n) is 8.15. The molecule has 0 atom stereocenters. The summed E-state index contributed by atoms with van der Waals surface area (Å²) in [6.07, 6.45) is 1.35. The molecule has 0 aliphatic heterocycles. The number of benzene rings is 1. The molecule has 0 spiro atoms. The van der Waals surface area contributed by atoms with Gasteiger partial charge in [0.25, 0.3) is 5.91 Å². The number of methoxy groups -OCH3 is 3. The van der Waals surface area contributed by atoms with E-state index in [0.717, 1.165) is 6.54 Å². The number of aromatic nitrogens is 2. The molecule has 0 bridgehead atoms. The Balaban J connectivity index is 2.20. The topological polar surface area (TPSA) is 94.6 Å². The second-order valence-electron chi connectivity index (χ2n) is 5.93. The zero-order valence-electron chi connectivity index (χ0n) is 15.6. The molecule has 0 unspecified atom stereocenters. The minimum atomic E-state index is -0.366. The van der Waals surface area contributed by atoms with E-state index in [2.05, 4.69) is 34.4 Å². The van der Waals surface area contributed by atoms with Crippen molar-refractivity contribution in [3.05, 3.63) is 30.2 Å². The van der Waals surface area contributed by atoms with E-state index in [1.54, 1.807) is 18.2 Å². The summed E-state index contributed by atoms with van der Waals surface area (Å²) in [4.78, 5) is 20.7. The van der Waals surface area contributed by atoms with E-state index in [1.807, 2.05) is 0 Å². The van der Waals surface area contributed by atoms with Gasteiger partial charge in [0.05, 0.1) is 21.3 Å². The molecule has 8 heteroatoms. The predicted octanol–water partition coefficient (Wildman–Crippen LogP) is 2.82. The Labute approximate surface area is 152 Å². The lowest BCUT2D eigenvalue weighted by Crippen LogP contribution is -2.16. The zero-order valence-corrected chi connectivity index (χ0v) is 15.6. The Kier molecular flexibility index (Phi) is 6.60. The fourth-order valence-corrected chi connectivity index (χ4v) is 2.24. The summed E-state index contributed by atoms with van der Waals surface area (Å²) in [5, 5.41) is 5.95. The second-order valence-corrected chi connectivity index (χ2v) is 5.93. The van der Waals surface area contributed by atoms with Gasteiger partial charge < -0.3 is 24.8 Å². The molecule has 0 saturated heterocycles. The predicted molar refractivity (Wildman–Crippen MR) is 99.4 cm³/mol. The minimum Gasteiger partial charge on any atom is -0.493 e. The van der Waals surface area contributed by atoms with Crippen LogP contribution in [-0.2, 0) is 0 Å². The molecule has 0 aliphatic rings. The average molecular weight is 360 g/mol. The number of hydrogen-bond acceptors (Lipinski definition) is 7. The van der Waals surface area contributed by atoms with Gasteiger partial charge in [-0.2, -0.15) is 0 Å². The standard InChI is InChI=1S/C18H24N4O4/c1-11(2)9-19-16-8-13(20-10-21-16)18(23)22-12-6-14(24-3)17(26-5)15(7-12)25-4/h6-8,10-11H,9H2,1-5H3,(H,22,23)(H,19,20,21). The van der Waals surface area contributed by atoms with Crippen LogP contribution in [0.15, 0.2) is 24.5 Å². The van der Waals surface area contributed by atoms with Gasteiger partial charge in [-0.3, -0.25) is 4.79 Å². The van der Waals surface area contributed by atoms with Crippen LogP contribution in [0.3, 0.4) is 0 Å². The molecular weight excluding hydrogens is 336 g/mol. The largest absolute Gasteiger partial charge is 0.493 e. The van der Waals surface area contributed by atoms with Gasteiger partial charge in [0, 0.05) is 30.4 Å². The van der Waals surface area contributed by atoms with Gasteiger partial charge in [-0.1, -0.05) is 13.8 Å². The fourth-order valence-electron chi connectivity index (χ4n) is 2.24. The van der Waals surface area contributed by atoms with Crippen LogP contribution in [0.2, 0.25) is 0 Å². The molecule has 1 amide bonds. The van der Waals surface area contributed by atoms with E-state index in [1.165, 1.54) is 27.7 Å². The van der Waals surface area contributed by atoms with Crippen molar-refractivity contribution in [2.45, 2.75) is 13.8 Å². The lowest BCUT2D eigenvalue weighted by atomic mass is 10.2. The van der Waals surface area contributed by atoms with Crippen LogP contribution >= 0.6 is 0 Å². The SMILES string of the molecule is COc1cc(NC(=O)c2cc(NCC(C)C)ncn2)cc(OC)c1OC. The first kappa shape index (κ1) is 19.3. The molecule has 1 aromatic heterocycles. The van der Waals surface area contributed by atoms with Gasteiger partial charge in [-0.25, -0.2) is 9.97 Å². The molecule has 140 valence electrons. The van der Waals surface area contributed by atoms with Gasteiger partial charge in [0.1, 0.15) is 17.8 Å². The van der Waals surface area contributed by atoms with Crippen LogP contribution < -0.4 is 24.8 Å². The van der Waals surface area contributed by atoms with Crippen molar-refractivity contribution in [2.24, 2.45) is 5.92 Å². The van der Waals surface area contributed by atoms with E-state index in [9.17, 15) is 4.79 Å². The lowest BCUT2D eigenvalue weighted by Gasteiger charge is -2.14. The highest BCUT2D eigenvalue weighted by molar-refractivity contribution is 6.03. The molecule has 2 N–H and O–H groups in total. The summed E-state index contributed by atoms with van der Waals surface area (Å²) in [6, 6.07) is 4.91. The fraction of sp³-hybridized carbons (Fsp3) is 0.389. The summed E-state index contributed by atoms with van der Waals surface area (Å²) in [5.74, 6) is 2.04. The second kappa shape index (κ2) is 8.89. The molecular formula is C18H24N4O4. The van der Waals surface area contributed by atoms with E-state index < -0.39 is 0 Å². The number of carbonyl (C=O) groups is 1. The number of nitrogens with one attached hydrogen (secondary N) is 2. The molecule has 26 heavy (non-hydrogen) atoms. The highest BCUT2D eigenvalue weighted by Gasteiger charge is 2.16. The summed E-state index contributed by atoms with van der Waals surface area (Å²) in [7, 11) is 4.55. The van der Waals surface area contributed by atoms with Crippen molar-refractivity contribution in [2.75, 3.05) is 38.5 Å². The molecule has 2 rings (SSSR count). The van der Waals surface area contributed by atoms with Crippen molar-refractivity contribution in [3.8, 4) is 17.2 Å². The van der Waals surface area contributed by atoms with Crippen molar-refractivity contribution in [1.82, 2.24) is 9.97 Å². The van der Waals surface area contributed by atoms with Crippen molar-refractivity contribution < 1.29 is 19.0 Å². The number of nitrogens with zero attached hydrogens (tertiary/aromatic N) is 2. The third kappa shape index (κ3) is 4.75. The third-order valence-electron chi connectivity index (χ3n) is 3.51. The Hall–Kier alpha value is -3.03. The molecule has 0 radical (unpaired) electrons. The quantitative estimate of drug-likeness (QED) is 0.747. The molecule has 0 fully saturated rings. The summed E-state index contributed by atoms with van der Waals surface area (Å²) in [6.45, 7) is 4.93. The number of ether oxygens (including phenoxy) is 3. The van der Waals surface area contributed by atoms with Crippen molar-refractivity contribution in [3.63, 3.8) is 0 Å². The Morgan fingerprint density at radius 2 is 1.69 bits per heavy atom. The van der Waals surface area contributed by atoms with E-state index in [-0.39, 0.29) is 11.6 Å². The van der Waals surface area contributed by atoms with Crippen molar-refractivity contribution in [1.29, 1.82) is 0 Å². The molecule has 2 aromatic rings. The highest BCUT2D eigenvalue weighted by atomic mass is 16.5. The molecule has 0 saturated carbocycles. The first-order chi connectivity index (χ1) is 12.5. The molecule has 1 heterocycles. The Morgan fingerprint density at radius 3 is 2.23 bits per heavy atom. The maximum absolute atomic E-state index is 12.5. The number of anilines is 2. The first-order valence-corrected chi connectivity index (χ1v) is 8.15. The van der Waals surface area contributed by atoms with Gasteiger partial charge in [-0.05, 0) is 5.92 Å². The molecule has 0 aliphatic carbocycles. The summed E-state index contributed by atoms with van der Waals surface area (Å²) in [5.41, 5.74) is 0.750. The third-order valence-corrected chi connectivity index (χ3v) is 3.51. The summed E-state index contributed by atoms with van der Waals surface area (Å²) >= 11 is 0. The normalized spacial score (nSPS) is 10.4. The maximum Gasteiger partial charge on any atom is 0.274 e. The van der Waals surface area contributed by atoms with Gasteiger partial charge in [0.2, 0.25) is 5.75 Å². The minimum absolute atomic E-state index is 0.250. The van der Waals surface area contributed by atoms with E-state index in [0.29, 0.717) is 34.7 Å². The number of hydrogen-bond donors (Lipinski definition) is 2. The Morgan fingerprint density at radius 1 is 1.04 bits per heavy atom. The van der Waals surface area contributed by atoms with Crippen LogP contribution in [0.25, 0.3) is 0 Å². The van der Waals surface area contributed by atoms with Crippen LogP contribution in [0.4, 0.5) is 11.5 Å². The van der Waals surface area contributed by atoms with Gasteiger partial charge >= 0.3 is 0 Å². The van der Waals surface area contributed by atoms with Gasteiger partial charge in [0.15, 0.2) is 11.5 Å². The van der Waals surface area contributed by atoms with Crippen LogP contribution in [0, 0.1) is 5.92 Å². The number of amides is 1. The Bertz CT molecular complexity index is 740. The van der Waals surface area contributed by atoms with Crippen LogP contribution in [0.5, 0.6) is 17.2 Å². The smallest absolute Gasteiger partial charge is 0.274 e. The van der Waals surface area contributed by atoms with E-state index in [4.69, 9.17) is 14.2 Å². The van der Waals surface area contributed by atoms with Crippen molar-refractivity contribution >= 4 is 17.4 Å². The maximum atomic E-state index is 12.5. The average Bonchev–Trinajstić information content (AvgIpc) is 2.65. The van der Waals surface area contributed by atoms with Gasteiger partial charge in [-0.15, -0.1) is 0 Å². The number of rotatable bonds is 8. The monoisotopic (exact) mass is 360 g/mol. The van der Waals surface area contributed by atoms with Crippen LogP contribution in [-0.4, -0.2) is 43.7 Å². The molecule has 8 nitrogen and oxygen atoms in total. The highest BCUT2D eigenvalue weighted by Crippen LogP contribution is 2.39. The van der Waals surface area contributed by atoms with Crippen LogP contribution in [0.1, 0.15) is 24.3 Å². The number of carbonyl (C=O) groups excluding carboxylic acids is 1. The zero-order chi connectivity index (χ0) is 19.1.